The van der Waals surface area contributed by atoms with Gasteiger partial charge < -0.3 is 10.4 Å². The van der Waals surface area contributed by atoms with Crippen LogP contribution in [0, 0.1) is 0 Å². The van der Waals surface area contributed by atoms with E-state index >= 15 is 0 Å². The average molecular weight is 98.9 g/mol. The van der Waals surface area contributed by atoms with Crippen molar-refractivity contribution in [2.45, 2.75) is 0 Å². The van der Waals surface area contributed by atoms with Crippen LogP contribution in [0.4, 0.5) is 9.59 Å². The summed E-state index contributed by atoms with van der Waals surface area (Å²) >= 11 is 0. The molecule has 0 amide bonds. The van der Waals surface area contributed by atoms with Crippen molar-refractivity contribution in [3.63, 3.8) is 0 Å². The monoisotopic (exact) mass is 99.0 g/mol. The maximum Gasteiger partial charge on any atom is 0.482 e. The van der Waals surface area contributed by atoms with E-state index in [4.69, 9.17) is 5.64 Å². The molecule has 0 radical (unpaired) electrons. The van der Waals surface area contributed by atoms with Crippen LogP contribution in [0.2, 0.25) is 0 Å². The number of hydrogen-bond donors (Lipinski definition) is 1. The van der Waals surface area contributed by atoms with Gasteiger partial charge in [0.1, 0.15) is 0 Å². The van der Waals surface area contributed by atoms with E-state index in [0.29, 0.717) is 0 Å². The van der Waals surface area contributed by atoms with E-state index in [9.17, 15) is 9.59 Å². The van der Waals surface area contributed by atoms with Crippen LogP contribution in [-0.4, -0.2) is 18.6 Å². The number of hydrogen-bond acceptors (Lipinski definition) is 4. The van der Waals surface area contributed by atoms with Crippen LogP contribution in [0.3, 0.4) is 0 Å². The highest BCUT2D eigenvalue weighted by molar-refractivity contribution is 7.13. The van der Waals surface area contributed by atoms with Crippen LogP contribution < -0.4 is 5.64 Å². The summed E-state index contributed by atoms with van der Waals surface area (Å²) in [5.74, 6) is -1.27. The Balaban J connectivity index is 2.59. The van der Waals surface area contributed by atoms with Gasteiger partial charge in [0.15, 0.2) is 0 Å². The second kappa shape index (κ2) is 1.07. The van der Waals surface area contributed by atoms with E-state index in [1.807, 2.05) is 0 Å². The maximum absolute atomic E-state index is 9.87. The van der Waals surface area contributed by atoms with Gasteiger partial charge in [-0.1, -0.05) is 0 Å². The Kier molecular flexibility index (Phi) is 0.659. The van der Waals surface area contributed by atoms with Crippen LogP contribution in [0.15, 0.2) is 0 Å². The Labute approximate surface area is 39.7 Å². The van der Waals surface area contributed by atoms with Crippen LogP contribution in [-0.2, 0) is 4.74 Å². The zero-order valence-corrected chi connectivity index (χ0v) is 3.38. The molecule has 4 nitrogen and oxygen atoms in total. The molecule has 2 N–H and O–H groups in total. The standard InChI is InChI=1S/C2H2BNO3/c4-3-1(5)7-2(3)6/h4H2. The number of cyclic esters (lactones) is 2. The Hall–Kier alpha value is -0.835. The smallest absolute Gasteiger partial charge is 0.406 e. The molecule has 1 fully saturated rings. The van der Waals surface area contributed by atoms with Crippen molar-refractivity contribution in [3.05, 3.63) is 0 Å². The first-order chi connectivity index (χ1) is 3.22. The highest BCUT2D eigenvalue weighted by Crippen LogP contribution is 2.00. The van der Waals surface area contributed by atoms with Crippen LogP contribution in [0.5, 0.6) is 0 Å². The van der Waals surface area contributed by atoms with Gasteiger partial charge >= 0.3 is 6.85 Å². The second-order valence-corrected chi connectivity index (χ2v) is 1.22. The summed E-state index contributed by atoms with van der Waals surface area (Å²) in [6, 6.07) is 0. The third-order valence-electron chi connectivity index (χ3n) is 0.709. The van der Waals surface area contributed by atoms with Gasteiger partial charge in [0.05, 0.1) is 0 Å². The zero-order chi connectivity index (χ0) is 5.44. The minimum Gasteiger partial charge on any atom is -0.406 e. The molecule has 1 aliphatic rings. The number of carbonyl (C=O) groups excluding carboxylic acids is 2. The fraction of sp³-hybridized carbons (Fsp3) is 0. The summed E-state index contributed by atoms with van der Waals surface area (Å²) in [7, 11) is 0. The molecule has 0 spiro atoms. The minimum absolute atomic E-state index is 0.634. The van der Waals surface area contributed by atoms with E-state index in [0.717, 1.165) is 0 Å². The van der Waals surface area contributed by atoms with Gasteiger partial charge in [-0.3, -0.25) is 9.59 Å². The lowest BCUT2D eigenvalue weighted by Crippen LogP contribution is -2.56. The van der Waals surface area contributed by atoms with Gasteiger partial charge in [0.25, 0.3) is 11.7 Å². The van der Waals surface area contributed by atoms with E-state index in [2.05, 4.69) is 4.74 Å². The Bertz CT molecular complexity index is 119. The Morgan fingerprint density at radius 2 is 1.86 bits per heavy atom. The fourth-order valence-corrected chi connectivity index (χ4v) is 0.264. The minimum atomic E-state index is -1.00. The quantitative estimate of drug-likeness (QED) is 0.324. The molecular formula is C2H2BNO3. The molecule has 0 saturated carbocycles. The molecule has 36 valence electrons. The number of nitrogens with two attached hydrogens (primary N) is 1. The molecule has 0 atom stereocenters. The van der Waals surface area contributed by atoms with Gasteiger partial charge in [-0.25, -0.2) is 0 Å². The third kappa shape index (κ3) is 0.415. The van der Waals surface area contributed by atoms with Gasteiger partial charge in [-0.2, -0.15) is 0 Å². The van der Waals surface area contributed by atoms with Crippen molar-refractivity contribution in [1.29, 1.82) is 0 Å². The Morgan fingerprint density at radius 1 is 1.43 bits per heavy atom. The van der Waals surface area contributed by atoms with Crippen molar-refractivity contribution in [2.24, 2.45) is 5.64 Å². The number of carbonyl (C=O) groups is 2. The highest BCUT2D eigenvalue weighted by Gasteiger charge is 2.44. The summed E-state index contributed by atoms with van der Waals surface area (Å²) in [4.78, 5) is 19.7. The highest BCUT2D eigenvalue weighted by atomic mass is 16.6. The molecule has 0 aliphatic carbocycles. The van der Waals surface area contributed by atoms with Crippen molar-refractivity contribution < 1.29 is 14.3 Å². The van der Waals surface area contributed by atoms with Crippen molar-refractivity contribution in [3.8, 4) is 0 Å². The first kappa shape index (κ1) is 4.33. The second-order valence-electron chi connectivity index (χ2n) is 1.22. The average Bonchev–Trinajstić information content (AvgIpc) is 1.68. The van der Waals surface area contributed by atoms with Gasteiger partial charge in [-0.05, 0) is 0 Å². The van der Waals surface area contributed by atoms with Crippen molar-refractivity contribution >= 4 is 18.6 Å². The van der Waals surface area contributed by atoms with Crippen LogP contribution in [0.1, 0.15) is 0 Å². The normalized spacial score (nSPS) is 18.7. The van der Waals surface area contributed by atoms with E-state index in [1.165, 1.54) is 0 Å². The lowest BCUT2D eigenvalue weighted by molar-refractivity contribution is 0.170. The van der Waals surface area contributed by atoms with Crippen LogP contribution in [0.25, 0.3) is 0 Å². The largest absolute Gasteiger partial charge is 0.482 e. The van der Waals surface area contributed by atoms with Gasteiger partial charge in [-0.15, -0.1) is 0 Å². The van der Waals surface area contributed by atoms with E-state index in [1.54, 1.807) is 0 Å². The number of ether oxygens (including phenoxy) is 1. The summed E-state index contributed by atoms with van der Waals surface area (Å²) in [6.45, 7) is -1.00. The fourth-order valence-electron chi connectivity index (χ4n) is 0.264. The molecule has 1 heterocycles. The molecule has 5 heteroatoms. The summed E-state index contributed by atoms with van der Waals surface area (Å²) in [5, 5.41) is 0. The van der Waals surface area contributed by atoms with E-state index in [-0.39, 0.29) is 0 Å². The Morgan fingerprint density at radius 3 is 1.86 bits per heavy atom. The maximum atomic E-state index is 9.87. The zero-order valence-electron chi connectivity index (χ0n) is 3.38. The third-order valence-corrected chi connectivity index (χ3v) is 0.709. The predicted molar refractivity (Wildman–Crippen MR) is 21.8 cm³/mol. The summed E-state index contributed by atoms with van der Waals surface area (Å²) in [6.07, 6.45) is 0. The van der Waals surface area contributed by atoms with E-state index < -0.39 is 18.6 Å². The molecule has 0 bridgehead atoms. The predicted octanol–water partition coefficient (Wildman–Crippen LogP) is -0.630. The number of rotatable bonds is 0. The molecule has 0 unspecified atom stereocenters. The SMILES string of the molecule is NB1C(=O)OC1=O. The molecule has 7 heavy (non-hydrogen) atoms. The molecule has 1 aliphatic heterocycles. The molecule has 0 aromatic rings. The van der Waals surface area contributed by atoms with Gasteiger partial charge in [0.2, 0.25) is 0 Å². The van der Waals surface area contributed by atoms with Crippen molar-refractivity contribution in [2.75, 3.05) is 0 Å². The molecule has 1 rings (SSSR count). The molecule has 0 aromatic heterocycles. The van der Waals surface area contributed by atoms with Crippen LogP contribution >= 0.6 is 0 Å². The first-order valence-corrected chi connectivity index (χ1v) is 1.73. The topological polar surface area (TPSA) is 69.4 Å². The molecule has 1 saturated heterocycles. The summed E-state index contributed by atoms with van der Waals surface area (Å²) < 4.78 is 3.85. The summed E-state index contributed by atoms with van der Waals surface area (Å²) in [5.41, 5.74) is 4.84. The first-order valence-electron chi connectivity index (χ1n) is 1.73. The lowest BCUT2D eigenvalue weighted by Gasteiger charge is -2.12. The molecular weight excluding hydrogens is 96.8 g/mol. The van der Waals surface area contributed by atoms with Crippen molar-refractivity contribution in [1.82, 2.24) is 0 Å². The van der Waals surface area contributed by atoms with Gasteiger partial charge in [0, 0.05) is 0 Å². The lowest BCUT2D eigenvalue weighted by atomic mass is 9.60. The molecule has 0 aromatic carbocycles.